The van der Waals surface area contributed by atoms with Gasteiger partial charge in [0.15, 0.2) is 5.11 Å². The van der Waals surface area contributed by atoms with Gasteiger partial charge in [-0.05, 0) is 67.9 Å². The van der Waals surface area contributed by atoms with Gasteiger partial charge in [-0.2, -0.15) is 0 Å². The fourth-order valence-electron chi connectivity index (χ4n) is 3.36. The van der Waals surface area contributed by atoms with E-state index in [9.17, 15) is 4.79 Å². The minimum atomic E-state index is -0.0785. The quantitative estimate of drug-likeness (QED) is 0.602. The Bertz CT molecular complexity index is 1070. The Morgan fingerprint density at radius 2 is 1.79 bits per heavy atom. The summed E-state index contributed by atoms with van der Waals surface area (Å²) >= 11 is 5.59. The summed E-state index contributed by atoms with van der Waals surface area (Å²) in [6, 6.07) is 14.0. The molecule has 2 aromatic carbocycles. The number of aryl methyl sites for hydroxylation is 2. The maximum Gasteiger partial charge on any atom is 0.253 e. The lowest BCUT2D eigenvalue weighted by atomic mass is 10.0. The number of aromatic nitrogens is 1. The highest BCUT2D eigenvalue weighted by molar-refractivity contribution is 7.80. The van der Waals surface area contributed by atoms with E-state index in [0.29, 0.717) is 23.8 Å². The minimum absolute atomic E-state index is 0.0785. The van der Waals surface area contributed by atoms with Gasteiger partial charge in [0.1, 0.15) is 5.75 Å². The lowest BCUT2D eigenvalue weighted by molar-refractivity contribution is 0.396. The molecule has 0 atom stereocenters. The largest absolute Gasteiger partial charge is 0.497 e. The minimum Gasteiger partial charge on any atom is -0.497 e. The first-order valence-electron chi connectivity index (χ1n) is 9.70. The van der Waals surface area contributed by atoms with E-state index in [1.807, 2.05) is 55.1 Å². The number of hydrogen-bond donors (Lipinski definition) is 2. The number of methoxy groups -OCH3 is 1. The van der Waals surface area contributed by atoms with Gasteiger partial charge >= 0.3 is 0 Å². The van der Waals surface area contributed by atoms with E-state index in [2.05, 4.69) is 23.3 Å². The Labute approximate surface area is 176 Å². The van der Waals surface area contributed by atoms with E-state index < -0.39 is 0 Å². The molecule has 152 valence electrons. The molecule has 2 N–H and O–H groups in total. The molecule has 0 aliphatic rings. The maximum absolute atomic E-state index is 12.8. The summed E-state index contributed by atoms with van der Waals surface area (Å²) in [5.41, 5.74) is 4.81. The molecule has 0 amide bonds. The van der Waals surface area contributed by atoms with Crippen LogP contribution in [-0.4, -0.2) is 28.7 Å². The van der Waals surface area contributed by atoms with Gasteiger partial charge in [0.2, 0.25) is 0 Å². The average molecular weight is 410 g/mol. The van der Waals surface area contributed by atoms with Gasteiger partial charge in [-0.15, -0.1) is 0 Å². The van der Waals surface area contributed by atoms with Gasteiger partial charge in [0.05, 0.1) is 19.2 Å². The molecule has 0 spiro atoms. The van der Waals surface area contributed by atoms with E-state index in [1.54, 1.807) is 7.11 Å². The molecule has 1 heterocycles. The Kier molecular flexibility index (Phi) is 6.54. The van der Waals surface area contributed by atoms with Crippen molar-refractivity contribution in [3.63, 3.8) is 0 Å². The Balaban J connectivity index is 1.94. The summed E-state index contributed by atoms with van der Waals surface area (Å²) < 4.78 is 5.24. The SMILES string of the molecule is CCNC(=S)N(Cc1ccc(OC)cc1)Cc1cc2c(C)ccc(C)c2[nH]c1=O. The summed E-state index contributed by atoms with van der Waals surface area (Å²) in [5.74, 6) is 0.811. The van der Waals surface area contributed by atoms with E-state index in [0.717, 1.165) is 39.9 Å². The van der Waals surface area contributed by atoms with Crippen LogP contribution in [0.2, 0.25) is 0 Å². The second kappa shape index (κ2) is 9.09. The molecule has 0 saturated heterocycles. The third-order valence-electron chi connectivity index (χ3n) is 5.03. The van der Waals surface area contributed by atoms with Gasteiger partial charge in [0, 0.05) is 24.0 Å². The fraction of sp³-hybridized carbons (Fsp3) is 0.304. The highest BCUT2D eigenvalue weighted by atomic mass is 32.1. The lowest BCUT2D eigenvalue weighted by Gasteiger charge is -2.26. The summed E-state index contributed by atoms with van der Waals surface area (Å²) in [6.07, 6.45) is 0. The zero-order valence-electron chi connectivity index (χ0n) is 17.3. The van der Waals surface area contributed by atoms with Crippen molar-refractivity contribution >= 4 is 28.2 Å². The molecule has 0 aliphatic carbocycles. The number of ether oxygens (including phenoxy) is 1. The van der Waals surface area contributed by atoms with Crippen LogP contribution in [0.5, 0.6) is 5.75 Å². The molecular formula is C23H27N3O2S. The van der Waals surface area contributed by atoms with E-state index in [4.69, 9.17) is 17.0 Å². The van der Waals surface area contributed by atoms with Crippen molar-refractivity contribution in [3.05, 3.63) is 75.1 Å². The first kappa shape index (κ1) is 20.9. The normalized spacial score (nSPS) is 10.8. The van der Waals surface area contributed by atoms with Crippen molar-refractivity contribution in [1.82, 2.24) is 15.2 Å². The monoisotopic (exact) mass is 409 g/mol. The average Bonchev–Trinajstić information content (AvgIpc) is 2.72. The number of hydrogen-bond acceptors (Lipinski definition) is 3. The number of rotatable bonds is 6. The topological polar surface area (TPSA) is 57.4 Å². The highest BCUT2D eigenvalue weighted by Gasteiger charge is 2.15. The van der Waals surface area contributed by atoms with Gasteiger partial charge in [0.25, 0.3) is 5.56 Å². The number of pyridine rings is 1. The summed E-state index contributed by atoms with van der Waals surface area (Å²) in [5, 5.41) is 4.90. The molecule has 0 aliphatic heterocycles. The zero-order chi connectivity index (χ0) is 21.0. The molecule has 1 aromatic heterocycles. The Morgan fingerprint density at radius 1 is 1.10 bits per heavy atom. The van der Waals surface area contributed by atoms with Crippen molar-refractivity contribution in [2.45, 2.75) is 33.9 Å². The predicted molar refractivity (Wildman–Crippen MR) is 123 cm³/mol. The molecule has 29 heavy (non-hydrogen) atoms. The molecule has 5 nitrogen and oxygen atoms in total. The van der Waals surface area contributed by atoms with Gasteiger partial charge in [-0.1, -0.05) is 24.3 Å². The van der Waals surface area contributed by atoms with Crippen LogP contribution in [0.15, 0.2) is 47.3 Å². The molecule has 3 rings (SSSR count). The van der Waals surface area contributed by atoms with Crippen molar-refractivity contribution in [2.24, 2.45) is 0 Å². The second-order valence-corrected chi connectivity index (χ2v) is 7.54. The van der Waals surface area contributed by atoms with E-state index in [-0.39, 0.29) is 5.56 Å². The standard InChI is InChI=1S/C23H27N3O2S/c1-5-24-23(29)26(13-17-8-10-19(28-4)11-9-17)14-18-12-20-15(2)6-7-16(3)21(20)25-22(18)27/h6-12H,5,13-14H2,1-4H3,(H,24,29)(H,25,27). The van der Waals surface area contributed by atoms with E-state index in [1.165, 1.54) is 0 Å². The number of benzene rings is 2. The third-order valence-corrected chi connectivity index (χ3v) is 5.43. The molecule has 3 aromatic rings. The van der Waals surface area contributed by atoms with Crippen LogP contribution in [0.3, 0.4) is 0 Å². The Hall–Kier alpha value is -2.86. The molecular weight excluding hydrogens is 382 g/mol. The molecule has 0 radical (unpaired) electrons. The van der Waals surface area contributed by atoms with Gasteiger partial charge in [-0.25, -0.2) is 0 Å². The van der Waals surface area contributed by atoms with E-state index >= 15 is 0 Å². The van der Waals surface area contributed by atoms with Crippen molar-refractivity contribution in [1.29, 1.82) is 0 Å². The number of nitrogens with zero attached hydrogens (tertiary/aromatic N) is 1. The molecule has 0 bridgehead atoms. The second-order valence-electron chi connectivity index (χ2n) is 7.15. The smallest absolute Gasteiger partial charge is 0.253 e. The Morgan fingerprint density at radius 3 is 2.45 bits per heavy atom. The van der Waals surface area contributed by atoms with Crippen molar-refractivity contribution in [2.75, 3.05) is 13.7 Å². The van der Waals surface area contributed by atoms with Crippen molar-refractivity contribution < 1.29 is 4.74 Å². The van der Waals surface area contributed by atoms with Crippen LogP contribution < -0.4 is 15.6 Å². The molecule has 0 fully saturated rings. The molecule has 0 unspecified atom stereocenters. The van der Waals surface area contributed by atoms with Crippen LogP contribution in [0.25, 0.3) is 10.9 Å². The molecule has 6 heteroatoms. The summed E-state index contributed by atoms with van der Waals surface area (Å²) in [6.45, 7) is 7.82. The third kappa shape index (κ3) is 4.77. The van der Waals surface area contributed by atoms with Crippen molar-refractivity contribution in [3.8, 4) is 5.75 Å². The molecule has 0 saturated carbocycles. The van der Waals surface area contributed by atoms with Crippen LogP contribution in [0, 0.1) is 13.8 Å². The highest BCUT2D eigenvalue weighted by Crippen LogP contribution is 2.21. The van der Waals surface area contributed by atoms with Crippen LogP contribution >= 0.6 is 12.2 Å². The first-order chi connectivity index (χ1) is 13.9. The fourth-order valence-corrected chi connectivity index (χ4v) is 3.63. The summed E-state index contributed by atoms with van der Waals surface area (Å²) in [4.78, 5) is 17.9. The number of fused-ring (bicyclic) bond motifs is 1. The maximum atomic E-state index is 12.8. The van der Waals surface area contributed by atoms with Crippen LogP contribution in [0.4, 0.5) is 0 Å². The predicted octanol–water partition coefficient (Wildman–Crippen LogP) is 4.05. The summed E-state index contributed by atoms with van der Waals surface area (Å²) in [7, 11) is 1.65. The number of thiocarbonyl (C=S) groups is 1. The van der Waals surface area contributed by atoms with Gasteiger partial charge in [-0.3, -0.25) is 4.79 Å². The van der Waals surface area contributed by atoms with Gasteiger partial charge < -0.3 is 19.9 Å². The number of H-pyrrole nitrogens is 1. The number of aromatic amines is 1. The number of nitrogens with one attached hydrogen (secondary N) is 2. The van der Waals surface area contributed by atoms with Crippen LogP contribution in [0.1, 0.15) is 29.2 Å². The lowest BCUT2D eigenvalue weighted by Crippen LogP contribution is -2.39. The van der Waals surface area contributed by atoms with Crippen LogP contribution in [-0.2, 0) is 13.1 Å². The zero-order valence-corrected chi connectivity index (χ0v) is 18.2. The first-order valence-corrected chi connectivity index (χ1v) is 10.1.